The molecule has 0 N–H and O–H groups in total. The van der Waals surface area contributed by atoms with E-state index in [2.05, 4.69) is 50.8 Å². The number of hydrogen-bond donors (Lipinski definition) is 0. The maximum atomic E-state index is 12.9. The molecule has 2 heterocycles. The molecule has 4 rings (SSSR count). The number of rotatable bonds is 9. The Balaban J connectivity index is 0.00000342. The summed E-state index contributed by atoms with van der Waals surface area (Å²) in [5.41, 5.74) is 3.45. The number of benzene rings is 1. The number of fused-ring (bicyclic) bond motifs is 3. The fraction of sp³-hybridized carbons (Fsp3) is 0.690. The third-order valence-corrected chi connectivity index (χ3v) is 7.76. The molecule has 6 heteroatoms. The lowest BCUT2D eigenvalue weighted by atomic mass is 9.68. The number of ether oxygens (including phenoxy) is 3. The van der Waals surface area contributed by atoms with Gasteiger partial charge in [0.15, 0.2) is 0 Å². The van der Waals surface area contributed by atoms with Gasteiger partial charge in [0.05, 0.1) is 13.2 Å². The molecule has 35 heavy (non-hydrogen) atoms. The molecule has 2 aliphatic heterocycles. The molecule has 1 aliphatic carbocycles. The molecule has 1 fully saturated rings. The average Bonchev–Trinajstić information content (AvgIpc) is 2.79. The first-order valence-corrected chi connectivity index (χ1v) is 13.4. The topological polar surface area (TPSA) is 48.0 Å². The number of allylic oxidation sites excluding steroid dienone is 2. The minimum absolute atomic E-state index is 0. The molecule has 3 aliphatic rings. The molecular formula is C29H44BrNO4. The minimum Gasteiger partial charge on any atom is -0.487 e. The van der Waals surface area contributed by atoms with E-state index >= 15 is 0 Å². The van der Waals surface area contributed by atoms with E-state index in [1.807, 2.05) is 0 Å². The van der Waals surface area contributed by atoms with Gasteiger partial charge < -0.3 is 14.2 Å². The highest BCUT2D eigenvalue weighted by molar-refractivity contribution is 8.93. The zero-order chi connectivity index (χ0) is 24.1. The molecule has 5 nitrogen and oxygen atoms in total. The van der Waals surface area contributed by atoms with Crippen LogP contribution in [0.5, 0.6) is 11.5 Å². The fourth-order valence-corrected chi connectivity index (χ4v) is 5.81. The summed E-state index contributed by atoms with van der Waals surface area (Å²) in [7, 11) is 0. The second kappa shape index (κ2) is 12.7. The molecule has 0 unspecified atom stereocenters. The van der Waals surface area contributed by atoms with E-state index < -0.39 is 0 Å². The highest BCUT2D eigenvalue weighted by Crippen LogP contribution is 2.53. The maximum absolute atomic E-state index is 12.9. The Bertz CT molecular complexity index is 891. The summed E-state index contributed by atoms with van der Waals surface area (Å²) >= 11 is 0. The first kappa shape index (κ1) is 28.2. The van der Waals surface area contributed by atoms with Crippen molar-refractivity contribution in [3.63, 3.8) is 0 Å². The van der Waals surface area contributed by atoms with Crippen molar-refractivity contribution in [2.24, 2.45) is 5.92 Å². The molecule has 2 atom stereocenters. The lowest BCUT2D eigenvalue weighted by Crippen LogP contribution is -2.45. The Morgan fingerprint density at radius 3 is 2.69 bits per heavy atom. The van der Waals surface area contributed by atoms with E-state index in [1.165, 1.54) is 24.0 Å². The van der Waals surface area contributed by atoms with Crippen LogP contribution in [0, 0.1) is 5.92 Å². The van der Waals surface area contributed by atoms with Crippen molar-refractivity contribution >= 4 is 23.0 Å². The molecule has 1 saturated heterocycles. The third-order valence-electron chi connectivity index (χ3n) is 7.76. The van der Waals surface area contributed by atoms with Crippen LogP contribution >= 0.6 is 17.0 Å². The van der Waals surface area contributed by atoms with E-state index in [1.54, 1.807) is 0 Å². The number of carbonyl (C=O) groups is 1. The largest absolute Gasteiger partial charge is 0.487 e. The van der Waals surface area contributed by atoms with Gasteiger partial charge in [0, 0.05) is 36.9 Å². The minimum atomic E-state index is -0.240. The standard InChI is InChI=1S/C29H43NO4.BrH/c1-5-6-7-9-22-19-25(33-27(31)10-8-13-30-14-16-32-17-15-30)28-23-18-21(2)11-12-24(23)29(3,4)34-26(28)20-22;/h18-20,23-24H,5-17H2,1-4H3;1H/t23-,24-;/m1./s1. The lowest BCUT2D eigenvalue weighted by Gasteiger charge is -2.46. The highest BCUT2D eigenvalue weighted by Gasteiger charge is 2.45. The van der Waals surface area contributed by atoms with Crippen LogP contribution in [0.4, 0.5) is 0 Å². The molecule has 196 valence electrons. The molecule has 0 radical (unpaired) electrons. The average molecular weight is 551 g/mol. The number of unbranched alkanes of at least 4 members (excludes halogenated alkanes) is 2. The Labute approximate surface area is 222 Å². The molecule has 0 amide bonds. The van der Waals surface area contributed by atoms with Crippen LogP contribution in [0.1, 0.15) is 89.7 Å². The van der Waals surface area contributed by atoms with Crippen molar-refractivity contribution in [3.05, 3.63) is 34.9 Å². The van der Waals surface area contributed by atoms with Gasteiger partial charge in [-0.05, 0) is 77.1 Å². The number of morpholine rings is 1. The second-order valence-corrected chi connectivity index (χ2v) is 10.9. The summed E-state index contributed by atoms with van der Waals surface area (Å²) in [6, 6.07) is 4.32. The molecule has 0 spiro atoms. The monoisotopic (exact) mass is 549 g/mol. The smallest absolute Gasteiger partial charge is 0.311 e. The number of hydrogen-bond acceptors (Lipinski definition) is 5. The predicted octanol–water partition coefficient (Wildman–Crippen LogP) is 6.63. The van der Waals surface area contributed by atoms with E-state index in [-0.39, 0.29) is 34.5 Å². The van der Waals surface area contributed by atoms with Crippen molar-refractivity contribution in [2.75, 3.05) is 32.8 Å². The van der Waals surface area contributed by atoms with Gasteiger partial charge >= 0.3 is 5.97 Å². The van der Waals surface area contributed by atoms with Crippen molar-refractivity contribution in [3.8, 4) is 11.5 Å². The maximum Gasteiger partial charge on any atom is 0.311 e. The number of halogens is 1. The third kappa shape index (κ3) is 7.11. The predicted molar refractivity (Wildman–Crippen MR) is 146 cm³/mol. The number of aryl methyl sites for hydroxylation is 1. The number of esters is 1. The van der Waals surface area contributed by atoms with Crippen molar-refractivity contribution in [1.82, 2.24) is 4.90 Å². The zero-order valence-corrected chi connectivity index (χ0v) is 23.8. The summed E-state index contributed by atoms with van der Waals surface area (Å²) in [6.45, 7) is 13.2. The summed E-state index contributed by atoms with van der Waals surface area (Å²) in [4.78, 5) is 15.3. The first-order valence-electron chi connectivity index (χ1n) is 13.4. The Hall–Kier alpha value is -1.37. The van der Waals surface area contributed by atoms with Gasteiger partial charge in [-0.3, -0.25) is 9.69 Å². The van der Waals surface area contributed by atoms with Crippen LogP contribution in [0.15, 0.2) is 23.8 Å². The summed E-state index contributed by atoms with van der Waals surface area (Å²) < 4.78 is 18.1. The Kier molecular flexibility index (Phi) is 10.3. The fourth-order valence-electron chi connectivity index (χ4n) is 5.81. The summed E-state index contributed by atoms with van der Waals surface area (Å²) in [6.07, 6.45) is 10.4. The molecule has 1 aromatic carbocycles. The van der Waals surface area contributed by atoms with Crippen LogP contribution < -0.4 is 9.47 Å². The quantitative estimate of drug-likeness (QED) is 0.150. The van der Waals surface area contributed by atoms with Crippen LogP contribution in [-0.2, 0) is 16.0 Å². The number of nitrogens with zero attached hydrogens (tertiary/aromatic N) is 1. The lowest BCUT2D eigenvalue weighted by molar-refractivity contribution is -0.134. The molecule has 1 aromatic rings. The van der Waals surface area contributed by atoms with E-state index in [4.69, 9.17) is 14.2 Å². The van der Waals surface area contributed by atoms with E-state index in [9.17, 15) is 4.79 Å². The van der Waals surface area contributed by atoms with Gasteiger partial charge in [-0.1, -0.05) is 31.4 Å². The van der Waals surface area contributed by atoms with Gasteiger partial charge in [-0.25, -0.2) is 0 Å². The van der Waals surface area contributed by atoms with Crippen LogP contribution in [0.3, 0.4) is 0 Å². The van der Waals surface area contributed by atoms with Gasteiger partial charge in [0.25, 0.3) is 0 Å². The highest BCUT2D eigenvalue weighted by atomic mass is 79.9. The first-order chi connectivity index (χ1) is 16.4. The molecule has 0 bridgehead atoms. The van der Waals surface area contributed by atoms with Crippen molar-refractivity contribution in [1.29, 1.82) is 0 Å². The Morgan fingerprint density at radius 1 is 1.17 bits per heavy atom. The Morgan fingerprint density at radius 2 is 1.94 bits per heavy atom. The van der Waals surface area contributed by atoms with Gasteiger partial charge in [0.1, 0.15) is 17.1 Å². The molecule has 0 aromatic heterocycles. The normalized spacial score (nSPS) is 23.3. The van der Waals surface area contributed by atoms with Gasteiger partial charge in [-0.15, -0.1) is 17.0 Å². The zero-order valence-electron chi connectivity index (χ0n) is 22.1. The van der Waals surface area contributed by atoms with Gasteiger partial charge in [0.2, 0.25) is 0 Å². The van der Waals surface area contributed by atoms with Crippen molar-refractivity contribution < 1.29 is 19.0 Å². The number of carbonyl (C=O) groups excluding carboxylic acids is 1. The van der Waals surface area contributed by atoms with Crippen LogP contribution in [0.2, 0.25) is 0 Å². The SMILES string of the molecule is Br.CCCCCc1cc(OC(=O)CCCN2CCOCC2)c2c(c1)OC(C)(C)[C@@H]1CCC(C)=C[C@@H]21. The van der Waals surface area contributed by atoms with E-state index in [0.29, 0.717) is 12.3 Å². The summed E-state index contributed by atoms with van der Waals surface area (Å²) in [5.74, 6) is 2.10. The van der Waals surface area contributed by atoms with E-state index in [0.717, 1.165) is 82.0 Å². The van der Waals surface area contributed by atoms with Gasteiger partial charge in [-0.2, -0.15) is 0 Å². The van der Waals surface area contributed by atoms with Crippen molar-refractivity contribution in [2.45, 2.75) is 90.6 Å². The molecule has 0 saturated carbocycles. The summed E-state index contributed by atoms with van der Waals surface area (Å²) in [5, 5.41) is 0. The second-order valence-electron chi connectivity index (χ2n) is 10.9. The van der Waals surface area contributed by atoms with Crippen LogP contribution in [-0.4, -0.2) is 49.3 Å². The molecular weight excluding hydrogens is 506 g/mol. The van der Waals surface area contributed by atoms with Crippen LogP contribution in [0.25, 0.3) is 0 Å².